The number of hydrogen-bond acceptors (Lipinski definition) is 2. The first-order valence-electron chi connectivity index (χ1n) is 4.31. The number of halogens is 1. The van der Waals surface area contributed by atoms with Gasteiger partial charge in [0.1, 0.15) is 0 Å². The molecule has 0 aliphatic rings. The van der Waals surface area contributed by atoms with Crippen LogP contribution in [-0.4, -0.2) is 24.7 Å². The van der Waals surface area contributed by atoms with Crippen molar-refractivity contribution in [2.75, 3.05) is 13.6 Å². The standard InChI is InChI=1S/C11H10ClNO2/c1-13-6-2-3-8-4-5-10(12)9(7-8)11(14)15/h4-5,7,13H,6H2,1H3,(H,14,15). The van der Waals surface area contributed by atoms with Gasteiger partial charge < -0.3 is 10.4 Å². The molecule has 0 amide bonds. The van der Waals surface area contributed by atoms with Gasteiger partial charge in [-0.2, -0.15) is 0 Å². The van der Waals surface area contributed by atoms with E-state index in [4.69, 9.17) is 16.7 Å². The topological polar surface area (TPSA) is 49.3 Å². The van der Waals surface area contributed by atoms with Gasteiger partial charge in [-0.05, 0) is 25.2 Å². The minimum absolute atomic E-state index is 0.0768. The van der Waals surface area contributed by atoms with Crippen LogP contribution in [0, 0.1) is 11.8 Å². The fraction of sp³-hybridized carbons (Fsp3) is 0.182. The Morgan fingerprint density at radius 2 is 2.33 bits per heavy atom. The molecule has 0 bridgehead atoms. The van der Waals surface area contributed by atoms with Gasteiger partial charge in [0.25, 0.3) is 0 Å². The molecule has 78 valence electrons. The molecule has 2 N–H and O–H groups in total. The molecule has 15 heavy (non-hydrogen) atoms. The van der Waals surface area contributed by atoms with Crippen molar-refractivity contribution in [1.82, 2.24) is 5.32 Å². The molecule has 0 radical (unpaired) electrons. The molecule has 0 unspecified atom stereocenters. The molecule has 0 aromatic heterocycles. The Balaban J connectivity index is 2.99. The van der Waals surface area contributed by atoms with Crippen molar-refractivity contribution in [2.45, 2.75) is 0 Å². The molecule has 0 aliphatic heterocycles. The van der Waals surface area contributed by atoms with Crippen LogP contribution in [0.5, 0.6) is 0 Å². The summed E-state index contributed by atoms with van der Waals surface area (Å²) in [7, 11) is 1.79. The molecule has 0 heterocycles. The Morgan fingerprint density at radius 3 is 2.93 bits per heavy atom. The maximum atomic E-state index is 10.8. The van der Waals surface area contributed by atoms with Crippen LogP contribution < -0.4 is 5.32 Å². The molecule has 0 saturated carbocycles. The number of carboxylic acid groups (broad SMARTS) is 1. The number of carboxylic acids is 1. The van der Waals surface area contributed by atoms with Gasteiger partial charge in [0.15, 0.2) is 0 Å². The quantitative estimate of drug-likeness (QED) is 0.749. The highest BCUT2D eigenvalue weighted by Gasteiger charge is 2.07. The van der Waals surface area contributed by atoms with Gasteiger partial charge in [0.2, 0.25) is 0 Å². The van der Waals surface area contributed by atoms with Crippen LogP contribution in [0.4, 0.5) is 0 Å². The summed E-state index contributed by atoms with van der Waals surface area (Å²) in [6, 6.07) is 4.69. The monoisotopic (exact) mass is 223 g/mol. The number of benzene rings is 1. The first-order valence-corrected chi connectivity index (χ1v) is 4.69. The Hall–Kier alpha value is -1.50. The van der Waals surface area contributed by atoms with Crippen molar-refractivity contribution in [1.29, 1.82) is 0 Å². The highest BCUT2D eigenvalue weighted by Crippen LogP contribution is 2.16. The summed E-state index contributed by atoms with van der Waals surface area (Å²) < 4.78 is 0. The van der Waals surface area contributed by atoms with Gasteiger partial charge in [0, 0.05) is 5.56 Å². The predicted molar refractivity (Wildman–Crippen MR) is 59.2 cm³/mol. The maximum absolute atomic E-state index is 10.8. The van der Waals surface area contributed by atoms with Crippen LogP contribution in [0.3, 0.4) is 0 Å². The van der Waals surface area contributed by atoms with E-state index in [1.54, 1.807) is 13.1 Å². The first kappa shape index (κ1) is 11.6. The van der Waals surface area contributed by atoms with Gasteiger partial charge in [0.05, 0.1) is 17.1 Å². The minimum Gasteiger partial charge on any atom is -0.478 e. The molecular formula is C11H10ClNO2. The third-order valence-electron chi connectivity index (χ3n) is 1.69. The van der Waals surface area contributed by atoms with E-state index in [-0.39, 0.29) is 10.6 Å². The molecule has 0 spiro atoms. The highest BCUT2D eigenvalue weighted by molar-refractivity contribution is 6.33. The third-order valence-corrected chi connectivity index (χ3v) is 2.02. The lowest BCUT2D eigenvalue weighted by Gasteiger charge is -1.98. The summed E-state index contributed by atoms with van der Waals surface area (Å²) in [6.45, 7) is 0.561. The molecule has 4 heteroatoms. The molecule has 0 aliphatic carbocycles. The molecule has 1 rings (SSSR count). The van der Waals surface area contributed by atoms with Crippen molar-refractivity contribution in [2.24, 2.45) is 0 Å². The van der Waals surface area contributed by atoms with Gasteiger partial charge in [-0.1, -0.05) is 23.4 Å². The van der Waals surface area contributed by atoms with E-state index in [0.29, 0.717) is 12.1 Å². The van der Waals surface area contributed by atoms with E-state index in [1.165, 1.54) is 12.1 Å². The maximum Gasteiger partial charge on any atom is 0.337 e. The van der Waals surface area contributed by atoms with E-state index in [1.807, 2.05) is 0 Å². The van der Waals surface area contributed by atoms with E-state index in [9.17, 15) is 4.79 Å². The van der Waals surface area contributed by atoms with Crippen LogP contribution in [0.25, 0.3) is 0 Å². The number of carbonyl (C=O) groups is 1. The second-order valence-electron chi connectivity index (χ2n) is 2.83. The Bertz CT molecular complexity index is 432. The van der Waals surface area contributed by atoms with Gasteiger partial charge in [-0.3, -0.25) is 0 Å². The average molecular weight is 224 g/mol. The zero-order valence-electron chi connectivity index (χ0n) is 8.17. The average Bonchev–Trinajstić information content (AvgIpc) is 2.20. The van der Waals surface area contributed by atoms with Crippen LogP contribution in [0.15, 0.2) is 18.2 Å². The van der Waals surface area contributed by atoms with E-state index >= 15 is 0 Å². The summed E-state index contributed by atoms with van der Waals surface area (Å²) in [4.78, 5) is 10.8. The van der Waals surface area contributed by atoms with E-state index in [2.05, 4.69) is 17.2 Å². The number of hydrogen-bond donors (Lipinski definition) is 2. The summed E-state index contributed by atoms with van der Waals surface area (Å²) in [5, 5.41) is 11.9. The van der Waals surface area contributed by atoms with Crippen LogP contribution in [-0.2, 0) is 0 Å². The molecule has 0 fully saturated rings. The van der Waals surface area contributed by atoms with Crippen molar-refractivity contribution in [3.8, 4) is 11.8 Å². The molecular weight excluding hydrogens is 214 g/mol. The molecule has 0 atom stereocenters. The summed E-state index contributed by atoms with van der Waals surface area (Å²) in [5.74, 6) is 4.63. The second-order valence-corrected chi connectivity index (χ2v) is 3.24. The number of rotatable bonds is 2. The normalized spacial score (nSPS) is 9.20. The Morgan fingerprint density at radius 1 is 1.60 bits per heavy atom. The molecule has 3 nitrogen and oxygen atoms in total. The predicted octanol–water partition coefficient (Wildman–Crippen LogP) is 1.61. The minimum atomic E-state index is -1.04. The SMILES string of the molecule is CNCC#Cc1ccc(Cl)c(C(=O)O)c1. The van der Waals surface area contributed by atoms with E-state index in [0.717, 1.165) is 0 Å². The number of nitrogens with one attached hydrogen (secondary N) is 1. The van der Waals surface area contributed by atoms with Gasteiger partial charge in [-0.25, -0.2) is 4.79 Å². The molecule has 0 saturated heterocycles. The fourth-order valence-corrected chi connectivity index (χ4v) is 1.20. The van der Waals surface area contributed by atoms with Crippen molar-refractivity contribution in [3.63, 3.8) is 0 Å². The lowest BCUT2D eigenvalue weighted by Crippen LogP contribution is -2.04. The van der Waals surface area contributed by atoms with Gasteiger partial charge in [-0.15, -0.1) is 0 Å². The van der Waals surface area contributed by atoms with Crippen molar-refractivity contribution >= 4 is 17.6 Å². The van der Waals surface area contributed by atoms with Crippen molar-refractivity contribution in [3.05, 3.63) is 34.3 Å². The highest BCUT2D eigenvalue weighted by atomic mass is 35.5. The zero-order valence-corrected chi connectivity index (χ0v) is 8.93. The number of aromatic carboxylic acids is 1. The summed E-state index contributed by atoms with van der Waals surface area (Å²) >= 11 is 5.71. The third kappa shape index (κ3) is 3.28. The summed E-state index contributed by atoms with van der Waals surface area (Å²) in [5.41, 5.74) is 0.722. The van der Waals surface area contributed by atoms with Crippen LogP contribution in [0.1, 0.15) is 15.9 Å². The second kappa shape index (κ2) is 5.40. The van der Waals surface area contributed by atoms with E-state index < -0.39 is 5.97 Å². The van der Waals surface area contributed by atoms with Crippen molar-refractivity contribution < 1.29 is 9.90 Å². The van der Waals surface area contributed by atoms with Gasteiger partial charge >= 0.3 is 5.97 Å². The lowest BCUT2D eigenvalue weighted by molar-refractivity contribution is 0.0697. The smallest absolute Gasteiger partial charge is 0.337 e. The summed E-state index contributed by atoms with van der Waals surface area (Å²) in [6.07, 6.45) is 0. The first-order chi connectivity index (χ1) is 7.15. The lowest BCUT2D eigenvalue weighted by atomic mass is 10.1. The molecule has 1 aromatic rings. The van der Waals surface area contributed by atoms with Crippen LogP contribution >= 0.6 is 11.6 Å². The Kier molecular flexibility index (Phi) is 4.17. The molecule has 1 aromatic carbocycles. The fourth-order valence-electron chi connectivity index (χ4n) is 1.00. The van der Waals surface area contributed by atoms with Crippen LogP contribution in [0.2, 0.25) is 5.02 Å². The Labute approximate surface area is 93.1 Å². The zero-order chi connectivity index (χ0) is 11.3. The largest absolute Gasteiger partial charge is 0.478 e.